The number of esters is 1. The Morgan fingerprint density at radius 1 is 1.04 bits per heavy atom. The molecule has 0 unspecified atom stereocenters. The molecule has 0 aliphatic heterocycles. The van der Waals surface area contributed by atoms with Crippen LogP contribution in [-0.4, -0.2) is 18.1 Å². The van der Waals surface area contributed by atoms with Crippen molar-refractivity contribution in [3.05, 3.63) is 64.7 Å². The Bertz CT molecular complexity index is 828. The van der Waals surface area contributed by atoms with Gasteiger partial charge in [-0.2, -0.15) is 5.10 Å². The van der Waals surface area contributed by atoms with Crippen molar-refractivity contribution < 1.29 is 14.3 Å². The van der Waals surface area contributed by atoms with Crippen molar-refractivity contribution in [2.75, 3.05) is 0 Å². The van der Waals surface area contributed by atoms with Crippen LogP contribution in [0.15, 0.2) is 53.6 Å². The van der Waals surface area contributed by atoms with E-state index in [4.69, 9.17) is 16.3 Å². The normalized spacial score (nSPS) is 14.9. The van der Waals surface area contributed by atoms with Gasteiger partial charge in [0.2, 0.25) is 5.91 Å². The van der Waals surface area contributed by atoms with E-state index in [0.717, 1.165) is 25.7 Å². The minimum Gasteiger partial charge on any atom is -0.422 e. The van der Waals surface area contributed by atoms with Crippen molar-refractivity contribution in [2.24, 2.45) is 11.0 Å². The molecular formula is C21H21ClN2O3. The number of carbonyl (C=O) groups excluding carboxylic acids is 2. The number of nitrogens with zero attached hydrogens (tertiary/aromatic N) is 1. The van der Waals surface area contributed by atoms with Crippen LogP contribution in [0, 0.1) is 5.92 Å². The minimum atomic E-state index is -0.487. The molecule has 0 heterocycles. The van der Waals surface area contributed by atoms with E-state index in [0.29, 0.717) is 21.9 Å². The van der Waals surface area contributed by atoms with Crippen LogP contribution < -0.4 is 10.2 Å². The average molecular weight is 385 g/mol. The van der Waals surface area contributed by atoms with Crippen LogP contribution in [0.1, 0.15) is 48.0 Å². The Hall–Kier alpha value is -2.66. The fourth-order valence-corrected chi connectivity index (χ4v) is 3.17. The summed E-state index contributed by atoms with van der Waals surface area (Å²) in [5, 5.41) is 4.58. The molecule has 3 rings (SSSR count). The Balaban J connectivity index is 1.63. The highest BCUT2D eigenvalue weighted by atomic mass is 35.5. The molecular weight excluding hydrogens is 364 g/mol. The molecule has 2 aromatic rings. The highest BCUT2D eigenvalue weighted by molar-refractivity contribution is 6.30. The number of hydrazone groups is 1. The van der Waals surface area contributed by atoms with Gasteiger partial charge in [-0.25, -0.2) is 10.2 Å². The SMILES string of the molecule is O=C(Oc1ccccc1/C=N\NC(=O)C1CCCCC1)c1ccc(Cl)cc1. The number of hydrogen-bond donors (Lipinski definition) is 1. The highest BCUT2D eigenvalue weighted by Crippen LogP contribution is 2.23. The summed E-state index contributed by atoms with van der Waals surface area (Å²) in [7, 11) is 0. The minimum absolute atomic E-state index is 0.0360. The molecule has 1 N–H and O–H groups in total. The van der Waals surface area contributed by atoms with E-state index in [9.17, 15) is 9.59 Å². The lowest BCUT2D eigenvalue weighted by Gasteiger charge is -2.19. The summed E-state index contributed by atoms with van der Waals surface area (Å²) in [6, 6.07) is 13.5. The molecule has 27 heavy (non-hydrogen) atoms. The van der Waals surface area contributed by atoms with Gasteiger partial charge in [0.1, 0.15) is 5.75 Å². The molecule has 0 radical (unpaired) electrons. The molecule has 1 saturated carbocycles. The zero-order chi connectivity index (χ0) is 19.1. The molecule has 1 aliphatic carbocycles. The van der Waals surface area contributed by atoms with Gasteiger partial charge in [0.15, 0.2) is 0 Å². The number of carbonyl (C=O) groups is 2. The second kappa shape index (κ2) is 9.33. The molecule has 0 atom stereocenters. The van der Waals surface area contributed by atoms with Crippen molar-refractivity contribution in [1.82, 2.24) is 5.43 Å². The van der Waals surface area contributed by atoms with Crippen LogP contribution in [-0.2, 0) is 4.79 Å². The van der Waals surface area contributed by atoms with Crippen molar-refractivity contribution in [1.29, 1.82) is 0 Å². The van der Waals surface area contributed by atoms with E-state index in [2.05, 4.69) is 10.5 Å². The summed E-state index contributed by atoms with van der Waals surface area (Å²) >= 11 is 5.84. The van der Waals surface area contributed by atoms with E-state index in [1.165, 1.54) is 12.6 Å². The number of amides is 1. The molecule has 1 amide bonds. The standard InChI is InChI=1S/C21H21ClN2O3/c22-18-12-10-16(11-13-18)21(26)27-19-9-5-4-8-17(19)14-23-24-20(25)15-6-2-1-3-7-15/h4-5,8-15H,1-3,6-7H2,(H,24,25)/b23-14-. The van der Waals surface area contributed by atoms with Crippen LogP contribution >= 0.6 is 11.6 Å². The molecule has 6 heteroatoms. The summed E-state index contributed by atoms with van der Waals surface area (Å²) in [6.07, 6.45) is 6.69. The zero-order valence-electron chi connectivity index (χ0n) is 14.9. The monoisotopic (exact) mass is 384 g/mol. The van der Waals surface area contributed by atoms with Crippen LogP contribution in [0.25, 0.3) is 0 Å². The third-order valence-corrected chi connectivity index (χ3v) is 4.81. The largest absolute Gasteiger partial charge is 0.422 e. The molecule has 0 saturated heterocycles. The summed E-state index contributed by atoms with van der Waals surface area (Å²) in [5.74, 6) is -0.137. The third-order valence-electron chi connectivity index (χ3n) is 4.56. The maximum atomic E-state index is 12.3. The fraction of sp³-hybridized carbons (Fsp3) is 0.286. The lowest BCUT2D eigenvalue weighted by molar-refractivity contribution is -0.125. The molecule has 5 nitrogen and oxygen atoms in total. The van der Waals surface area contributed by atoms with Gasteiger partial charge >= 0.3 is 5.97 Å². The van der Waals surface area contributed by atoms with E-state index in [1.807, 2.05) is 6.07 Å². The van der Waals surface area contributed by atoms with Gasteiger partial charge in [-0.05, 0) is 49.2 Å². The van der Waals surface area contributed by atoms with Crippen LogP contribution in [0.5, 0.6) is 5.75 Å². The summed E-state index contributed by atoms with van der Waals surface area (Å²) < 4.78 is 5.46. The van der Waals surface area contributed by atoms with Gasteiger partial charge in [0, 0.05) is 16.5 Å². The van der Waals surface area contributed by atoms with Gasteiger partial charge in [0.25, 0.3) is 0 Å². The van der Waals surface area contributed by atoms with Crippen molar-refractivity contribution >= 4 is 29.7 Å². The second-order valence-electron chi connectivity index (χ2n) is 6.50. The third kappa shape index (κ3) is 5.41. The van der Waals surface area contributed by atoms with Gasteiger partial charge in [-0.15, -0.1) is 0 Å². The Kier molecular flexibility index (Phi) is 6.60. The first-order chi connectivity index (χ1) is 13.1. The number of halogens is 1. The molecule has 0 bridgehead atoms. The maximum absolute atomic E-state index is 12.3. The topological polar surface area (TPSA) is 67.8 Å². The van der Waals surface area contributed by atoms with Gasteiger partial charge in [-0.1, -0.05) is 43.0 Å². The maximum Gasteiger partial charge on any atom is 0.343 e. The van der Waals surface area contributed by atoms with Crippen molar-refractivity contribution in [3.8, 4) is 5.75 Å². The summed E-state index contributed by atoms with van der Waals surface area (Å²) in [4.78, 5) is 24.4. The lowest BCUT2D eigenvalue weighted by Crippen LogP contribution is -2.28. The van der Waals surface area contributed by atoms with E-state index in [-0.39, 0.29) is 11.8 Å². The van der Waals surface area contributed by atoms with E-state index < -0.39 is 5.97 Å². The van der Waals surface area contributed by atoms with Crippen molar-refractivity contribution in [2.45, 2.75) is 32.1 Å². The Morgan fingerprint density at radius 2 is 1.74 bits per heavy atom. The molecule has 1 aliphatic rings. The quantitative estimate of drug-likeness (QED) is 0.355. The Morgan fingerprint density at radius 3 is 2.48 bits per heavy atom. The number of benzene rings is 2. The number of hydrogen-bond acceptors (Lipinski definition) is 4. The first kappa shape index (κ1) is 19.1. The predicted molar refractivity (Wildman–Crippen MR) is 105 cm³/mol. The molecule has 140 valence electrons. The average Bonchev–Trinajstić information content (AvgIpc) is 2.70. The summed E-state index contributed by atoms with van der Waals surface area (Å²) in [6.45, 7) is 0. The molecule has 1 fully saturated rings. The van der Waals surface area contributed by atoms with Gasteiger partial charge < -0.3 is 4.74 Å². The first-order valence-corrected chi connectivity index (χ1v) is 9.41. The van der Waals surface area contributed by atoms with Crippen molar-refractivity contribution in [3.63, 3.8) is 0 Å². The Labute approximate surface area is 163 Å². The smallest absolute Gasteiger partial charge is 0.343 e. The van der Waals surface area contributed by atoms with Crippen LogP contribution in [0.3, 0.4) is 0 Å². The number of nitrogens with one attached hydrogen (secondary N) is 1. The molecule has 2 aromatic carbocycles. The zero-order valence-corrected chi connectivity index (χ0v) is 15.6. The van der Waals surface area contributed by atoms with Crippen LogP contribution in [0.4, 0.5) is 0 Å². The van der Waals surface area contributed by atoms with E-state index in [1.54, 1.807) is 42.5 Å². The first-order valence-electron chi connectivity index (χ1n) is 9.03. The number of para-hydroxylation sites is 1. The molecule has 0 aromatic heterocycles. The lowest BCUT2D eigenvalue weighted by atomic mass is 9.89. The fourth-order valence-electron chi connectivity index (χ4n) is 3.05. The predicted octanol–water partition coefficient (Wildman–Crippen LogP) is 4.59. The van der Waals surface area contributed by atoms with E-state index >= 15 is 0 Å². The van der Waals surface area contributed by atoms with Gasteiger partial charge in [-0.3, -0.25) is 4.79 Å². The number of rotatable bonds is 5. The highest BCUT2D eigenvalue weighted by Gasteiger charge is 2.20. The summed E-state index contributed by atoms with van der Waals surface area (Å²) in [5.41, 5.74) is 3.60. The van der Waals surface area contributed by atoms with Gasteiger partial charge in [0.05, 0.1) is 11.8 Å². The van der Waals surface area contributed by atoms with Crippen LogP contribution in [0.2, 0.25) is 5.02 Å². The second-order valence-corrected chi connectivity index (χ2v) is 6.94. The molecule has 0 spiro atoms. The number of ether oxygens (including phenoxy) is 1.